The number of hydrogen-bond acceptors (Lipinski definition) is 5. The van der Waals surface area contributed by atoms with Crippen molar-refractivity contribution in [1.82, 2.24) is 4.90 Å². The zero-order valence-corrected chi connectivity index (χ0v) is 18.9. The van der Waals surface area contributed by atoms with E-state index >= 15 is 0 Å². The monoisotopic (exact) mass is 438 g/mol. The van der Waals surface area contributed by atoms with Gasteiger partial charge in [0.25, 0.3) is 5.91 Å². The molecule has 1 heterocycles. The van der Waals surface area contributed by atoms with Crippen LogP contribution in [0.25, 0.3) is 0 Å². The second kappa shape index (κ2) is 10.1. The maximum Gasteiger partial charge on any atom is 0.252 e. The maximum absolute atomic E-state index is 13.4. The fraction of sp³-hybridized carbons (Fsp3) is 0.250. The molecule has 0 aliphatic rings. The number of ether oxygens (including phenoxy) is 2. The van der Waals surface area contributed by atoms with Crippen LogP contribution in [0.15, 0.2) is 60.0 Å². The first-order valence-corrected chi connectivity index (χ1v) is 10.7. The topological polar surface area (TPSA) is 67.9 Å². The summed E-state index contributed by atoms with van der Waals surface area (Å²) in [6, 6.07) is 16.1. The number of aryl methyl sites for hydroxylation is 1. The van der Waals surface area contributed by atoms with Gasteiger partial charge in [0.05, 0.1) is 19.9 Å². The summed E-state index contributed by atoms with van der Waals surface area (Å²) in [7, 11) is 3.09. The minimum Gasteiger partial charge on any atom is -0.497 e. The number of thiophene rings is 1. The van der Waals surface area contributed by atoms with Crippen LogP contribution in [0.4, 0.5) is 5.69 Å². The number of amides is 2. The standard InChI is InChI=1S/C24H26N2O4S/c1-16-7-9-18(10-8-16)15-26(17(2)27)23(22-6-5-13-31-22)24(28)25-20-12-11-19(29-3)14-21(20)30-4/h5-14,23H,15H2,1-4H3,(H,25,28). The van der Waals surface area contributed by atoms with Crippen molar-refractivity contribution >= 4 is 28.8 Å². The van der Waals surface area contributed by atoms with Crippen molar-refractivity contribution in [1.29, 1.82) is 0 Å². The molecule has 0 saturated heterocycles. The first-order valence-electron chi connectivity index (χ1n) is 9.82. The van der Waals surface area contributed by atoms with Crippen LogP contribution in [0.5, 0.6) is 11.5 Å². The smallest absolute Gasteiger partial charge is 0.252 e. The van der Waals surface area contributed by atoms with Crippen molar-refractivity contribution in [2.75, 3.05) is 19.5 Å². The molecule has 7 heteroatoms. The number of nitrogens with zero attached hydrogens (tertiary/aromatic N) is 1. The number of anilines is 1. The van der Waals surface area contributed by atoms with Gasteiger partial charge in [0.1, 0.15) is 17.5 Å². The summed E-state index contributed by atoms with van der Waals surface area (Å²) in [5, 5.41) is 4.82. The van der Waals surface area contributed by atoms with Crippen LogP contribution in [0, 0.1) is 6.92 Å². The Bertz CT molecular complexity index is 1030. The van der Waals surface area contributed by atoms with Crippen LogP contribution in [0.3, 0.4) is 0 Å². The van der Waals surface area contributed by atoms with Crippen molar-refractivity contribution in [3.8, 4) is 11.5 Å². The first-order chi connectivity index (χ1) is 14.9. The number of carbonyl (C=O) groups is 2. The average molecular weight is 439 g/mol. The van der Waals surface area contributed by atoms with Crippen LogP contribution in [0.2, 0.25) is 0 Å². The van der Waals surface area contributed by atoms with E-state index in [1.54, 1.807) is 30.2 Å². The largest absolute Gasteiger partial charge is 0.497 e. The molecule has 0 spiro atoms. The van der Waals surface area contributed by atoms with E-state index in [0.717, 1.165) is 16.0 Å². The van der Waals surface area contributed by atoms with Gasteiger partial charge in [0.2, 0.25) is 5.91 Å². The van der Waals surface area contributed by atoms with Gasteiger partial charge in [-0.3, -0.25) is 9.59 Å². The van der Waals surface area contributed by atoms with Gasteiger partial charge in [0.15, 0.2) is 0 Å². The van der Waals surface area contributed by atoms with E-state index in [-0.39, 0.29) is 11.8 Å². The molecule has 1 aromatic heterocycles. The molecule has 0 saturated carbocycles. The third-order valence-corrected chi connectivity index (χ3v) is 5.84. The molecular weight excluding hydrogens is 412 g/mol. The third kappa shape index (κ3) is 5.44. The van der Waals surface area contributed by atoms with Crippen LogP contribution >= 0.6 is 11.3 Å². The quantitative estimate of drug-likeness (QED) is 0.548. The lowest BCUT2D eigenvalue weighted by Crippen LogP contribution is -2.39. The predicted molar refractivity (Wildman–Crippen MR) is 123 cm³/mol. The molecule has 0 radical (unpaired) electrons. The minimum absolute atomic E-state index is 0.184. The van der Waals surface area contributed by atoms with Crippen molar-refractivity contribution < 1.29 is 19.1 Å². The zero-order chi connectivity index (χ0) is 22.4. The van der Waals surface area contributed by atoms with Gasteiger partial charge >= 0.3 is 0 Å². The van der Waals surface area contributed by atoms with Gasteiger partial charge in [-0.1, -0.05) is 35.9 Å². The van der Waals surface area contributed by atoms with Crippen LogP contribution in [-0.4, -0.2) is 30.9 Å². The van der Waals surface area contributed by atoms with Gasteiger partial charge in [-0.05, 0) is 36.1 Å². The molecule has 162 valence electrons. The normalized spacial score (nSPS) is 11.5. The highest BCUT2D eigenvalue weighted by Gasteiger charge is 2.31. The number of rotatable bonds is 8. The number of benzene rings is 2. The Balaban J connectivity index is 1.93. The van der Waals surface area contributed by atoms with Gasteiger partial charge in [0, 0.05) is 24.4 Å². The van der Waals surface area contributed by atoms with E-state index in [2.05, 4.69) is 5.32 Å². The summed E-state index contributed by atoms with van der Waals surface area (Å²) in [5.41, 5.74) is 2.60. The average Bonchev–Trinajstić information content (AvgIpc) is 3.29. The van der Waals surface area contributed by atoms with Crippen molar-refractivity contribution in [2.24, 2.45) is 0 Å². The molecular formula is C24H26N2O4S. The van der Waals surface area contributed by atoms with E-state index in [0.29, 0.717) is 23.7 Å². The lowest BCUT2D eigenvalue weighted by molar-refractivity contribution is -0.137. The molecule has 1 atom stereocenters. The van der Waals surface area contributed by atoms with Crippen molar-refractivity contribution in [3.63, 3.8) is 0 Å². The molecule has 1 N–H and O–H groups in total. The Kier molecular flexibility index (Phi) is 7.31. The third-order valence-electron chi connectivity index (χ3n) is 4.92. The van der Waals surface area contributed by atoms with Gasteiger partial charge in [-0.25, -0.2) is 0 Å². The minimum atomic E-state index is -0.773. The molecule has 1 unspecified atom stereocenters. The van der Waals surface area contributed by atoms with E-state index < -0.39 is 6.04 Å². The first kappa shape index (κ1) is 22.4. The highest BCUT2D eigenvalue weighted by Crippen LogP contribution is 2.32. The fourth-order valence-electron chi connectivity index (χ4n) is 3.25. The molecule has 2 amide bonds. The highest BCUT2D eigenvalue weighted by molar-refractivity contribution is 7.10. The SMILES string of the molecule is COc1ccc(NC(=O)C(c2cccs2)N(Cc2ccc(C)cc2)C(C)=O)c(OC)c1. The summed E-state index contributed by atoms with van der Waals surface area (Å²) in [4.78, 5) is 28.4. The Morgan fingerprint density at radius 1 is 1.06 bits per heavy atom. The second-order valence-electron chi connectivity index (χ2n) is 7.11. The summed E-state index contributed by atoms with van der Waals surface area (Å²) in [6.45, 7) is 3.82. The lowest BCUT2D eigenvalue weighted by atomic mass is 10.1. The Morgan fingerprint density at radius 3 is 2.39 bits per heavy atom. The molecule has 3 rings (SSSR count). The molecule has 2 aromatic carbocycles. The maximum atomic E-state index is 13.4. The van der Waals surface area contributed by atoms with Gasteiger partial charge in [-0.2, -0.15) is 0 Å². The molecule has 0 bridgehead atoms. The molecule has 0 fully saturated rings. The Morgan fingerprint density at radius 2 is 1.81 bits per heavy atom. The number of nitrogens with one attached hydrogen (secondary N) is 1. The van der Waals surface area contributed by atoms with Crippen LogP contribution < -0.4 is 14.8 Å². The lowest BCUT2D eigenvalue weighted by Gasteiger charge is -2.30. The predicted octanol–water partition coefficient (Wildman–Crippen LogP) is 4.80. The van der Waals surface area contributed by atoms with Crippen molar-refractivity contribution in [3.05, 3.63) is 76.0 Å². The fourth-order valence-corrected chi connectivity index (χ4v) is 4.08. The van der Waals surface area contributed by atoms with Gasteiger partial charge < -0.3 is 19.7 Å². The van der Waals surface area contributed by atoms with Gasteiger partial charge in [-0.15, -0.1) is 11.3 Å². The Hall–Kier alpha value is -3.32. The molecule has 6 nitrogen and oxygen atoms in total. The molecule has 0 aliphatic heterocycles. The summed E-state index contributed by atoms with van der Waals surface area (Å²) < 4.78 is 10.6. The summed E-state index contributed by atoms with van der Waals surface area (Å²) in [5.74, 6) is 0.601. The van der Waals surface area contributed by atoms with E-state index in [1.165, 1.54) is 25.4 Å². The molecule has 31 heavy (non-hydrogen) atoms. The number of hydrogen-bond donors (Lipinski definition) is 1. The highest BCUT2D eigenvalue weighted by atomic mass is 32.1. The summed E-state index contributed by atoms with van der Waals surface area (Å²) >= 11 is 1.44. The second-order valence-corrected chi connectivity index (χ2v) is 8.09. The zero-order valence-electron chi connectivity index (χ0n) is 18.0. The molecule has 0 aliphatic carbocycles. The van der Waals surface area contributed by atoms with E-state index in [1.807, 2.05) is 48.7 Å². The summed E-state index contributed by atoms with van der Waals surface area (Å²) in [6.07, 6.45) is 0. The van der Waals surface area contributed by atoms with E-state index in [9.17, 15) is 9.59 Å². The van der Waals surface area contributed by atoms with E-state index in [4.69, 9.17) is 9.47 Å². The number of carbonyl (C=O) groups excluding carboxylic acids is 2. The molecule has 3 aromatic rings. The van der Waals surface area contributed by atoms with Crippen LogP contribution in [0.1, 0.15) is 29.0 Å². The number of methoxy groups -OCH3 is 2. The van der Waals surface area contributed by atoms with Crippen LogP contribution in [-0.2, 0) is 16.1 Å². The van der Waals surface area contributed by atoms with Crippen molar-refractivity contribution in [2.45, 2.75) is 26.4 Å². The Labute approximate surface area is 186 Å².